The van der Waals surface area contributed by atoms with Crippen molar-refractivity contribution in [3.8, 4) is 10.6 Å². The van der Waals surface area contributed by atoms with Crippen LogP contribution >= 0.6 is 34.7 Å². The summed E-state index contributed by atoms with van der Waals surface area (Å²) in [6, 6.07) is 7.68. The first-order valence-electron chi connectivity index (χ1n) is 6.40. The predicted octanol–water partition coefficient (Wildman–Crippen LogP) is 4.55. The highest BCUT2D eigenvalue weighted by Gasteiger charge is 2.10. The molecule has 0 saturated carbocycles. The molecule has 0 aliphatic heterocycles. The minimum atomic E-state index is 0.550. The SMILES string of the molecule is CCSc1nnc(Cc2csc(-c3cccc(Cl)c3)n2)o1. The summed E-state index contributed by atoms with van der Waals surface area (Å²) in [5.74, 6) is 1.51. The van der Waals surface area contributed by atoms with Gasteiger partial charge >= 0.3 is 0 Å². The quantitative estimate of drug-likeness (QED) is 0.639. The molecule has 0 aliphatic rings. The third-order valence-electron chi connectivity index (χ3n) is 2.67. The molecule has 0 saturated heterocycles. The number of thioether (sulfide) groups is 1. The summed E-state index contributed by atoms with van der Waals surface area (Å²) in [5.41, 5.74) is 1.94. The first-order chi connectivity index (χ1) is 10.2. The van der Waals surface area contributed by atoms with Crippen LogP contribution in [0.2, 0.25) is 5.02 Å². The fourth-order valence-corrected chi connectivity index (χ4v) is 3.30. The van der Waals surface area contributed by atoms with Gasteiger partial charge in [-0.3, -0.25) is 0 Å². The van der Waals surface area contributed by atoms with E-state index in [-0.39, 0.29) is 0 Å². The van der Waals surface area contributed by atoms with Gasteiger partial charge in [-0.2, -0.15) is 0 Å². The van der Waals surface area contributed by atoms with Gasteiger partial charge in [-0.15, -0.1) is 21.5 Å². The Morgan fingerprint density at radius 1 is 1.33 bits per heavy atom. The zero-order chi connectivity index (χ0) is 14.7. The van der Waals surface area contributed by atoms with Crippen molar-refractivity contribution in [3.05, 3.63) is 46.3 Å². The summed E-state index contributed by atoms with van der Waals surface area (Å²) >= 11 is 9.13. The standard InChI is InChI=1S/C14H12ClN3OS2/c1-2-20-14-18-17-12(19-14)7-11-8-21-13(16-11)9-4-3-5-10(15)6-9/h3-6,8H,2,7H2,1H3. The molecule has 108 valence electrons. The highest BCUT2D eigenvalue weighted by molar-refractivity contribution is 7.99. The maximum atomic E-state index is 6.01. The third kappa shape index (κ3) is 3.64. The van der Waals surface area contributed by atoms with E-state index in [1.54, 1.807) is 11.3 Å². The molecule has 21 heavy (non-hydrogen) atoms. The van der Waals surface area contributed by atoms with Crippen molar-refractivity contribution < 1.29 is 4.42 Å². The van der Waals surface area contributed by atoms with Crippen molar-refractivity contribution in [1.82, 2.24) is 15.2 Å². The van der Waals surface area contributed by atoms with Gasteiger partial charge in [-0.25, -0.2) is 4.98 Å². The van der Waals surface area contributed by atoms with Crippen molar-refractivity contribution in [1.29, 1.82) is 0 Å². The van der Waals surface area contributed by atoms with Gasteiger partial charge in [0.05, 0.1) is 12.1 Å². The molecule has 0 aliphatic carbocycles. The second-order valence-electron chi connectivity index (χ2n) is 4.23. The summed E-state index contributed by atoms with van der Waals surface area (Å²) in [7, 11) is 0. The van der Waals surface area contributed by atoms with E-state index in [1.165, 1.54) is 11.8 Å². The Kier molecular flexibility index (Phi) is 4.57. The molecule has 0 amide bonds. The first kappa shape index (κ1) is 14.6. The lowest BCUT2D eigenvalue weighted by Crippen LogP contribution is -1.88. The zero-order valence-electron chi connectivity index (χ0n) is 11.2. The topological polar surface area (TPSA) is 51.8 Å². The maximum Gasteiger partial charge on any atom is 0.276 e. The molecule has 0 fully saturated rings. The Balaban J connectivity index is 1.75. The van der Waals surface area contributed by atoms with E-state index in [0.29, 0.717) is 22.6 Å². The molecule has 0 N–H and O–H groups in total. The van der Waals surface area contributed by atoms with Crippen molar-refractivity contribution in [2.45, 2.75) is 18.6 Å². The minimum Gasteiger partial charge on any atom is -0.416 e. The smallest absolute Gasteiger partial charge is 0.276 e. The van der Waals surface area contributed by atoms with Crippen LogP contribution < -0.4 is 0 Å². The van der Waals surface area contributed by atoms with E-state index in [1.807, 2.05) is 36.6 Å². The average Bonchev–Trinajstić information content (AvgIpc) is 3.10. The molecular formula is C14H12ClN3OS2. The Bertz CT molecular complexity index is 741. The molecule has 2 aromatic heterocycles. The van der Waals surface area contributed by atoms with E-state index >= 15 is 0 Å². The number of rotatable bonds is 5. The lowest BCUT2D eigenvalue weighted by Gasteiger charge is -1.96. The van der Waals surface area contributed by atoms with Crippen LogP contribution in [-0.4, -0.2) is 20.9 Å². The molecule has 2 heterocycles. The Morgan fingerprint density at radius 3 is 3.05 bits per heavy atom. The van der Waals surface area contributed by atoms with Gasteiger partial charge < -0.3 is 4.42 Å². The Hall–Kier alpha value is -1.37. The fraction of sp³-hybridized carbons (Fsp3) is 0.214. The maximum absolute atomic E-state index is 6.01. The number of thiazole rings is 1. The molecule has 3 aromatic rings. The number of halogens is 1. The van der Waals surface area contributed by atoms with Crippen LogP contribution in [0.25, 0.3) is 10.6 Å². The van der Waals surface area contributed by atoms with E-state index in [9.17, 15) is 0 Å². The molecular weight excluding hydrogens is 326 g/mol. The van der Waals surface area contributed by atoms with Gasteiger partial charge in [0, 0.05) is 16.0 Å². The minimum absolute atomic E-state index is 0.550. The second kappa shape index (κ2) is 6.60. The van der Waals surface area contributed by atoms with Crippen LogP contribution in [0.1, 0.15) is 18.5 Å². The van der Waals surface area contributed by atoms with E-state index in [2.05, 4.69) is 15.2 Å². The molecule has 7 heteroatoms. The monoisotopic (exact) mass is 337 g/mol. The summed E-state index contributed by atoms with van der Waals surface area (Å²) in [4.78, 5) is 4.60. The van der Waals surface area contributed by atoms with Crippen LogP contribution in [0.4, 0.5) is 0 Å². The molecule has 1 aromatic carbocycles. The number of benzene rings is 1. The van der Waals surface area contributed by atoms with Crippen molar-refractivity contribution in [3.63, 3.8) is 0 Å². The summed E-state index contributed by atoms with van der Waals surface area (Å²) in [5, 5.41) is 12.3. The second-order valence-corrected chi connectivity index (χ2v) is 6.74. The number of nitrogens with zero attached hydrogens (tertiary/aromatic N) is 3. The molecule has 0 unspecified atom stereocenters. The van der Waals surface area contributed by atoms with Crippen molar-refractivity contribution >= 4 is 34.7 Å². The number of hydrogen-bond acceptors (Lipinski definition) is 6. The molecule has 3 rings (SSSR count). The number of hydrogen-bond donors (Lipinski definition) is 0. The fourth-order valence-electron chi connectivity index (χ4n) is 1.79. The first-order valence-corrected chi connectivity index (χ1v) is 8.64. The van der Waals surface area contributed by atoms with Gasteiger partial charge in [0.15, 0.2) is 0 Å². The van der Waals surface area contributed by atoms with Crippen molar-refractivity contribution in [2.75, 3.05) is 5.75 Å². The van der Waals surface area contributed by atoms with Crippen LogP contribution in [-0.2, 0) is 6.42 Å². The predicted molar refractivity (Wildman–Crippen MR) is 86.1 cm³/mol. The van der Waals surface area contributed by atoms with E-state index < -0.39 is 0 Å². The summed E-state index contributed by atoms with van der Waals surface area (Å²) in [6.45, 7) is 2.05. The lowest BCUT2D eigenvalue weighted by molar-refractivity contribution is 0.419. The Labute approximate surface area is 135 Å². The van der Waals surface area contributed by atoms with Crippen LogP contribution in [0.5, 0.6) is 0 Å². The molecule has 4 nitrogen and oxygen atoms in total. The molecule has 0 bridgehead atoms. The van der Waals surface area contributed by atoms with Gasteiger partial charge in [0.2, 0.25) is 5.89 Å². The van der Waals surface area contributed by atoms with E-state index in [0.717, 1.165) is 22.0 Å². The van der Waals surface area contributed by atoms with Gasteiger partial charge in [0.1, 0.15) is 5.01 Å². The number of aromatic nitrogens is 3. The highest BCUT2D eigenvalue weighted by atomic mass is 35.5. The van der Waals surface area contributed by atoms with Gasteiger partial charge in [-0.1, -0.05) is 42.4 Å². The van der Waals surface area contributed by atoms with Crippen LogP contribution in [0.3, 0.4) is 0 Å². The van der Waals surface area contributed by atoms with Crippen LogP contribution in [0, 0.1) is 0 Å². The largest absolute Gasteiger partial charge is 0.416 e. The van der Waals surface area contributed by atoms with Gasteiger partial charge in [-0.05, 0) is 17.9 Å². The van der Waals surface area contributed by atoms with Crippen molar-refractivity contribution in [2.24, 2.45) is 0 Å². The highest BCUT2D eigenvalue weighted by Crippen LogP contribution is 2.27. The molecule has 0 radical (unpaired) electrons. The summed E-state index contributed by atoms with van der Waals surface area (Å²) in [6.07, 6.45) is 0.550. The van der Waals surface area contributed by atoms with Crippen LogP contribution in [0.15, 0.2) is 39.3 Å². The molecule has 0 atom stereocenters. The third-order valence-corrected chi connectivity index (χ3v) is 4.55. The van der Waals surface area contributed by atoms with E-state index in [4.69, 9.17) is 16.0 Å². The lowest BCUT2D eigenvalue weighted by atomic mass is 10.2. The Morgan fingerprint density at radius 2 is 2.24 bits per heavy atom. The zero-order valence-corrected chi connectivity index (χ0v) is 13.6. The van der Waals surface area contributed by atoms with Gasteiger partial charge in [0.25, 0.3) is 5.22 Å². The average molecular weight is 338 g/mol. The normalized spacial score (nSPS) is 11.0. The molecule has 0 spiro atoms. The summed E-state index contributed by atoms with van der Waals surface area (Å²) < 4.78 is 5.55.